The quantitative estimate of drug-likeness (QED) is 0.837. The third-order valence-corrected chi connectivity index (χ3v) is 4.05. The Morgan fingerprint density at radius 1 is 1.16 bits per heavy atom. The molecule has 5 heteroatoms. The van der Waals surface area contributed by atoms with Gasteiger partial charge in [-0.2, -0.15) is 5.26 Å². The topological polar surface area (TPSA) is 71.4 Å². The molecule has 0 heterocycles. The van der Waals surface area contributed by atoms with Crippen molar-refractivity contribution in [3.63, 3.8) is 0 Å². The number of carbonyl (C=O) groups is 1. The molecule has 2 aromatic rings. The summed E-state index contributed by atoms with van der Waals surface area (Å²) >= 11 is 0. The van der Waals surface area contributed by atoms with Crippen LogP contribution in [0, 0.1) is 17.2 Å². The van der Waals surface area contributed by atoms with E-state index in [1.165, 1.54) is 0 Å². The van der Waals surface area contributed by atoms with Crippen LogP contribution in [0.5, 0.6) is 11.5 Å². The van der Waals surface area contributed by atoms with E-state index >= 15 is 0 Å². The maximum atomic E-state index is 12.5. The third kappa shape index (κ3) is 4.51. The molecule has 0 radical (unpaired) electrons. The SMILES string of the molecule is CCc1ccccc1NC(=O)C(C#N)Cc1ccc(OC)cc1OC. The Morgan fingerprint density at radius 3 is 2.56 bits per heavy atom. The summed E-state index contributed by atoms with van der Waals surface area (Å²) in [7, 11) is 3.13. The van der Waals surface area contributed by atoms with E-state index in [2.05, 4.69) is 11.4 Å². The minimum atomic E-state index is -0.813. The van der Waals surface area contributed by atoms with E-state index in [4.69, 9.17) is 9.47 Å². The van der Waals surface area contributed by atoms with Gasteiger partial charge in [-0.15, -0.1) is 0 Å². The van der Waals surface area contributed by atoms with Gasteiger partial charge >= 0.3 is 0 Å². The standard InChI is InChI=1S/C20H22N2O3/c1-4-14-7-5-6-8-18(14)22-20(23)16(13-21)11-15-9-10-17(24-2)12-19(15)25-3/h5-10,12,16H,4,11H2,1-3H3,(H,22,23). The fraction of sp³-hybridized carbons (Fsp3) is 0.300. The summed E-state index contributed by atoms with van der Waals surface area (Å²) in [4.78, 5) is 12.5. The largest absolute Gasteiger partial charge is 0.497 e. The van der Waals surface area contributed by atoms with Crippen molar-refractivity contribution in [2.24, 2.45) is 5.92 Å². The van der Waals surface area contributed by atoms with Crippen molar-refractivity contribution >= 4 is 11.6 Å². The summed E-state index contributed by atoms with van der Waals surface area (Å²) < 4.78 is 10.5. The summed E-state index contributed by atoms with van der Waals surface area (Å²) in [5.41, 5.74) is 2.57. The van der Waals surface area contributed by atoms with Gasteiger partial charge in [-0.05, 0) is 29.7 Å². The number of rotatable bonds is 7. The number of hydrogen-bond acceptors (Lipinski definition) is 4. The Balaban J connectivity index is 2.17. The van der Waals surface area contributed by atoms with Gasteiger partial charge in [0.05, 0.1) is 20.3 Å². The van der Waals surface area contributed by atoms with Crippen LogP contribution in [0.1, 0.15) is 18.1 Å². The highest BCUT2D eigenvalue weighted by Crippen LogP contribution is 2.27. The molecule has 1 N–H and O–H groups in total. The number of nitriles is 1. The van der Waals surface area contributed by atoms with Crippen molar-refractivity contribution in [3.8, 4) is 17.6 Å². The van der Waals surface area contributed by atoms with Gasteiger partial charge in [0.2, 0.25) is 5.91 Å². The lowest BCUT2D eigenvalue weighted by molar-refractivity contribution is -0.118. The smallest absolute Gasteiger partial charge is 0.242 e. The molecule has 1 atom stereocenters. The summed E-state index contributed by atoms with van der Waals surface area (Å²) in [5.74, 6) is 0.130. The van der Waals surface area contributed by atoms with E-state index in [1.54, 1.807) is 26.4 Å². The van der Waals surface area contributed by atoms with Gasteiger partial charge in [0.1, 0.15) is 17.4 Å². The molecule has 0 aliphatic heterocycles. The van der Waals surface area contributed by atoms with E-state index in [-0.39, 0.29) is 12.3 Å². The van der Waals surface area contributed by atoms with Crippen LogP contribution in [0.4, 0.5) is 5.69 Å². The fourth-order valence-corrected chi connectivity index (χ4v) is 2.61. The fourth-order valence-electron chi connectivity index (χ4n) is 2.61. The highest BCUT2D eigenvalue weighted by molar-refractivity contribution is 5.95. The van der Waals surface area contributed by atoms with Crippen molar-refractivity contribution in [3.05, 3.63) is 53.6 Å². The number of amides is 1. The van der Waals surface area contributed by atoms with Crippen LogP contribution < -0.4 is 14.8 Å². The number of ether oxygens (including phenoxy) is 2. The molecule has 1 amide bonds. The molecule has 0 fully saturated rings. The third-order valence-electron chi connectivity index (χ3n) is 4.05. The summed E-state index contributed by atoms with van der Waals surface area (Å²) in [5, 5.41) is 12.3. The Labute approximate surface area is 148 Å². The molecule has 130 valence electrons. The molecule has 0 saturated heterocycles. The number of nitrogens with zero attached hydrogens (tertiary/aromatic N) is 1. The molecule has 0 saturated carbocycles. The number of carbonyl (C=O) groups excluding carboxylic acids is 1. The number of para-hydroxylation sites is 1. The maximum Gasteiger partial charge on any atom is 0.242 e. The second-order valence-electron chi connectivity index (χ2n) is 5.56. The normalized spacial score (nSPS) is 11.3. The minimum Gasteiger partial charge on any atom is -0.497 e. The van der Waals surface area contributed by atoms with Gasteiger partial charge in [-0.3, -0.25) is 4.79 Å². The second kappa shape index (κ2) is 8.74. The highest BCUT2D eigenvalue weighted by Gasteiger charge is 2.21. The molecule has 1 unspecified atom stereocenters. The lowest BCUT2D eigenvalue weighted by atomic mass is 9.98. The Morgan fingerprint density at radius 2 is 1.92 bits per heavy atom. The minimum absolute atomic E-state index is 0.268. The van der Waals surface area contributed by atoms with Gasteiger partial charge in [-0.25, -0.2) is 0 Å². The summed E-state index contributed by atoms with van der Waals surface area (Å²) in [6.07, 6.45) is 1.07. The Kier molecular flexibility index (Phi) is 6.41. The molecule has 0 bridgehead atoms. The monoisotopic (exact) mass is 338 g/mol. The lowest BCUT2D eigenvalue weighted by Gasteiger charge is -2.15. The second-order valence-corrected chi connectivity index (χ2v) is 5.56. The number of anilines is 1. The summed E-state index contributed by atoms with van der Waals surface area (Å²) in [6.45, 7) is 2.02. The first-order valence-electron chi connectivity index (χ1n) is 8.12. The van der Waals surface area contributed by atoms with Crippen molar-refractivity contribution in [1.29, 1.82) is 5.26 Å². The lowest BCUT2D eigenvalue weighted by Crippen LogP contribution is -2.24. The van der Waals surface area contributed by atoms with Crippen molar-refractivity contribution < 1.29 is 14.3 Å². The van der Waals surface area contributed by atoms with Crippen LogP contribution in [-0.4, -0.2) is 20.1 Å². The zero-order valence-electron chi connectivity index (χ0n) is 14.7. The predicted octanol–water partition coefficient (Wildman–Crippen LogP) is 3.59. The van der Waals surface area contributed by atoms with Gasteiger partial charge in [0.15, 0.2) is 0 Å². The van der Waals surface area contributed by atoms with E-state index in [9.17, 15) is 10.1 Å². The first-order chi connectivity index (χ1) is 12.1. The number of aryl methyl sites for hydroxylation is 1. The van der Waals surface area contributed by atoms with Gasteiger partial charge in [0, 0.05) is 18.2 Å². The molecular weight excluding hydrogens is 316 g/mol. The molecule has 5 nitrogen and oxygen atoms in total. The van der Waals surface area contributed by atoms with E-state index < -0.39 is 5.92 Å². The molecule has 0 aliphatic rings. The van der Waals surface area contributed by atoms with Gasteiger partial charge in [0.25, 0.3) is 0 Å². The average Bonchev–Trinajstić information content (AvgIpc) is 2.66. The van der Waals surface area contributed by atoms with Crippen molar-refractivity contribution in [1.82, 2.24) is 0 Å². The van der Waals surface area contributed by atoms with Crippen LogP contribution in [0.15, 0.2) is 42.5 Å². The first kappa shape index (κ1) is 18.3. The Bertz CT molecular complexity index is 781. The van der Waals surface area contributed by atoms with Crippen LogP contribution >= 0.6 is 0 Å². The van der Waals surface area contributed by atoms with E-state index in [0.29, 0.717) is 11.5 Å². The molecule has 25 heavy (non-hydrogen) atoms. The van der Waals surface area contributed by atoms with Crippen LogP contribution in [-0.2, 0) is 17.6 Å². The first-order valence-corrected chi connectivity index (χ1v) is 8.12. The van der Waals surface area contributed by atoms with Crippen molar-refractivity contribution in [2.75, 3.05) is 19.5 Å². The molecular formula is C20H22N2O3. The molecule has 0 aliphatic carbocycles. The van der Waals surface area contributed by atoms with Crippen molar-refractivity contribution in [2.45, 2.75) is 19.8 Å². The zero-order chi connectivity index (χ0) is 18.2. The number of nitrogens with one attached hydrogen (secondary N) is 1. The molecule has 0 aromatic heterocycles. The van der Waals surface area contributed by atoms with Crippen LogP contribution in [0.25, 0.3) is 0 Å². The average molecular weight is 338 g/mol. The maximum absolute atomic E-state index is 12.5. The zero-order valence-corrected chi connectivity index (χ0v) is 14.7. The van der Waals surface area contributed by atoms with Crippen LogP contribution in [0.3, 0.4) is 0 Å². The Hall–Kier alpha value is -3.00. The predicted molar refractivity (Wildman–Crippen MR) is 96.8 cm³/mol. The molecule has 0 spiro atoms. The number of benzene rings is 2. The van der Waals surface area contributed by atoms with Gasteiger partial charge in [-0.1, -0.05) is 31.2 Å². The number of methoxy groups -OCH3 is 2. The van der Waals surface area contributed by atoms with Crippen LogP contribution in [0.2, 0.25) is 0 Å². The van der Waals surface area contributed by atoms with Gasteiger partial charge < -0.3 is 14.8 Å². The molecule has 2 aromatic carbocycles. The highest BCUT2D eigenvalue weighted by atomic mass is 16.5. The van der Waals surface area contributed by atoms with E-state index in [0.717, 1.165) is 23.2 Å². The van der Waals surface area contributed by atoms with E-state index in [1.807, 2.05) is 37.3 Å². The summed E-state index contributed by atoms with van der Waals surface area (Å²) in [6, 6.07) is 15.0. The molecule has 2 rings (SSSR count). The number of hydrogen-bond donors (Lipinski definition) is 1.